The fraction of sp³-hybridized carbons (Fsp3) is 0.800. The summed E-state index contributed by atoms with van der Waals surface area (Å²) in [6.45, 7) is 0. The zero-order valence-electron chi connectivity index (χ0n) is 6.64. The Kier molecular flexibility index (Phi) is 8.31. The first kappa shape index (κ1) is 14.0. The summed E-state index contributed by atoms with van der Waals surface area (Å²) >= 11 is 0. The lowest BCUT2D eigenvalue weighted by atomic mass is 10.2. The Morgan fingerprint density at radius 2 is 2.08 bits per heavy atom. The van der Waals surface area contributed by atoms with Gasteiger partial charge in [-0.1, -0.05) is 0 Å². The first-order valence-corrected chi connectivity index (χ1v) is 4.55. The molecule has 0 saturated heterocycles. The van der Waals surface area contributed by atoms with Crippen LogP contribution in [0.5, 0.6) is 0 Å². The maximum Gasteiger partial charge on any atom is 0.505 e. The van der Waals surface area contributed by atoms with E-state index >= 15 is 0 Å². The van der Waals surface area contributed by atoms with E-state index in [1.165, 1.54) is 0 Å². The number of rotatable bonds is 5. The van der Waals surface area contributed by atoms with Crippen molar-refractivity contribution in [2.24, 2.45) is 5.73 Å². The van der Waals surface area contributed by atoms with Crippen molar-refractivity contribution in [2.75, 3.05) is 6.16 Å². The van der Waals surface area contributed by atoms with E-state index in [9.17, 15) is 9.36 Å². The lowest BCUT2D eigenvalue weighted by Gasteiger charge is -2.01. The topological polar surface area (TPSA) is 136 Å². The Morgan fingerprint density at radius 1 is 1.58 bits per heavy atom. The van der Waals surface area contributed by atoms with E-state index in [0.29, 0.717) is 6.42 Å². The molecule has 0 aromatic carbocycles. The minimum atomic E-state index is -2.15. The van der Waals surface area contributed by atoms with E-state index in [2.05, 4.69) is 0 Å². The summed E-state index contributed by atoms with van der Waals surface area (Å²) in [5.41, 5.74) is 5.13. The first-order chi connectivity index (χ1) is 5.04. The predicted octanol–water partition coefficient (Wildman–Crippen LogP) is 0.0752. The fourth-order valence-corrected chi connectivity index (χ4v) is 1.02. The lowest BCUT2D eigenvalue weighted by Crippen LogP contribution is -2.29. The second-order valence-corrected chi connectivity index (χ2v) is 3.31. The Bertz CT molecular complexity index is 164. The smallest absolute Gasteiger partial charge is 0.480 e. The number of carboxylic acid groups (broad SMARTS) is 1. The summed E-state index contributed by atoms with van der Waals surface area (Å²) in [5.74, 6) is -1.07. The highest BCUT2D eigenvalue weighted by Crippen LogP contribution is 2.15. The molecule has 0 aliphatic heterocycles. The second-order valence-electron chi connectivity index (χ2n) is 2.16. The van der Waals surface area contributed by atoms with Crippen molar-refractivity contribution < 1.29 is 19.4 Å². The van der Waals surface area contributed by atoms with Crippen LogP contribution in [0.2, 0.25) is 0 Å². The number of carbonyl (C=O) groups is 1. The van der Waals surface area contributed by atoms with Crippen LogP contribution in [-0.4, -0.2) is 28.2 Å². The molecule has 0 aromatic heterocycles. The van der Waals surface area contributed by atoms with Gasteiger partial charge in [-0.15, -0.1) is 0 Å². The molecule has 7 N–H and O–H groups in total. The Hall–Kier alpha value is -0.550. The van der Waals surface area contributed by atoms with Crippen molar-refractivity contribution in [3.63, 3.8) is 0 Å². The maximum atomic E-state index is 10.1. The van der Waals surface area contributed by atoms with E-state index in [-0.39, 0.29) is 18.7 Å². The van der Waals surface area contributed by atoms with Gasteiger partial charge >= 0.3 is 14.0 Å². The molecule has 0 radical (unpaired) electrons. The third-order valence-electron chi connectivity index (χ3n) is 1.18. The van der Waals surface area contributed by atoms with Crippen LogP contribution in [0.3, 0.4) is 0 Å². The largest absolute Gasteiger partial charge is 0.505 e. The van der Waals surface area contributed by atoms with Gasteiger partial charge in [0.05, 0.1) is 0 Å². The van der Waals surface area contributed by atoms with E-state index in [0.717, 1.165) is 0 Å². The van der Waals surface area contributed by atoms with Crippen LogP contribution in [0.25, 0.3) is 0 Å². The van der Waals surface area contributed by atoms with Crippen LogP contribution >= 0.6 is 8.03 Å². The molecule has 1 unspecified atom stereocenters. The first-order valence-electron chi connectivity index (χ1n) is 3.16. The van der Waals surface area contributed by atoms with Crippen LogP contribution in [0, 0.1) is 0 Å². The summed E-state index contributed by atoms with van der Waals surface area (Å²) in [6.07, 6.45) is 0.743. The number of aliphatic carboxylic acids is 1. The quantitative estimate of drug-likeness (QED) is 0.460. The van der Waals surface area contributed by atoms with Gasteiger partial charge in [0.15, 0.2) is 6.16 Å². The van der Waals surface area contributed by atoms with Crippen LogP contribution in [0.1, 0.15) is 12.8 Å². The molecule has 0 heterocycles. The molecular formula is C5H14N2O4P+. The van der Waals surface area contributed by atoms with Gasteiger partial charge in [0, 0.05) is 0 Å². The molecule has 72 valence electrons. The lowest BCUT2D eigenvalue weighted by molar-refractivity contribution is -0.138. The van der Waals surface area contributed by atoms with Crippen LogP contribution in [0.4, 0.5) is 0 Å². The number of hydrogen-bond donors (Lipinski definition) is 4. The van der Waals surface area contributed by atoms with Crippen molar-refractivity contribution in [3.8, 4) is 0 Å². The third-order valence-corrected chi connectivity index (χ3v) is 1.88. The van der Waals surface area contributed by atoms with Crippen molar-refractivity contribution >= 4 is 14.0 Å². The number of nitrogens with two attached hydrogens (primary N) is 1. The summed E-state index contributed by atoms with van der Waals surface area (Å²) in [5, 5.41) is 8.29. The monoisotopic (exact) mass is 197 g/mol. The van der Waals surface area contributed by atoms with Gasteiger partial charge in [0.1, 0.15) is 6.04 Å². The molecule has 0 rings (SSSR count). The molecule has 7 heteroatoms. The van der Waals surface area contributed by atoms with E-state index < -0.39 is 20.0 Å². The zero-order valence-corrected chi connectivity index (χ0v) is 7.54. The molecular weight excluding hydrogens is 183 g/mol. The van der Waals surface area contributed by atoms with E-state index in [1.54, 1.807) is 0 Å². The summed E-state index contributed by atoms with van der Waals surface area (Å²) in [7, 11) is -2.15. The maximum absolute atomic E-state index is 10.1. The fourth-order valence-electron chi connectivity index (χ4n) is 0.570. The zero-order chi connectivity index (χ0) is 8.85. The highest BCUT2D eigenvalue weighted by atomic mass is 31.1. The van der Waals surface area contributed by atoms with E-state index in [1.807, 2.05) is 0 Å². The highest BCUT2D eigenvalue weighted by Gasteiger charge is 2.15. The molecule has 0 bridgehead atoms. The van der Waals surface area contributed by atoms with Gasteiger partial charge in [0.2, 0.25) is 0 Å². The third kappa shape index (κ3) is 7.56. The molecule has 6 nitrogen and oxygen atoms in total. The van der Waals surface area contributed by atoms with Gasteiger partial charge in [-0.2, -0.15) is 4.89 Å². The Balaban J connectivity index is 0. The molecule has 0 amide bonds. The standard InChI is InChI=1S/C5H10NO4P.H3N/c6-4(5(7)8)2-1-3-11(9)10;/h4H,1-3,6H2,(H-,7,8,9,10);1H3/p+1/t4-;/m0./s1. The molecule has 0 saturated carbocycles. The summed E-state index contributed by atoms with van der Waals surface area (Å²) < 4.78 is 10.1. The molecule has 0 fully saturated rings. The van der Waals surface area contributed by atoms with Crippen molar-refractivity contribution in [2.45, 2.75) is 18.9 Å². The number of hydrogen-bond acceptors (Lipinski definition) is 4. The molecule has 2 atom stereocenters. The summed E-state index contributed by atoms with van der Waals surface area (Å²) in [6, 6.07) is -0.912. The van der Waals surface area contributed by atoms with E-state index in [4.69, 9.17) is 15.7 Å². The highest BCUT2D eigenvalue weighted by molar-refractivity contribution is 7.37. The van der Waals surface area contributed by atoms with Crippen LogP contribution < -0.4 is 11.9 Å². The summed E-state index contributed by atoms with van der Waals surface area (Å²) in [4.78, 5) is 18.4. The average molecular weight is 197 g/mol. The Morgan fingerprint density at radius 3 is 2.42 bits per heavy atom. The van der Waals surface area contributed by atoms with Crippen molar-refractivity contribution in [3.05, 3.63) is 0 Å². The molecule has 0 aliphatic carbocycles. The normalized spacial score (nSPS) is 13.0. The minimum Gasteiger partial charge on any atom is -0.480 e. The second kappa shape index (κ2) is 7.12. The van der Waals surface area contributed by atoms with Crippen LogP contribution in [0.15, 0.2) is 0 Å². The van der Waals surface area contributed by atoms with Gasteiger partial charge < -0.3 is 17.0 Å². The van der Waals surface area contributed by atoms with Crippen molar-refractivity contribution in [1.82, 2.24) is 6.15 Å². The molecule has 0 aromatic rings. The SMILES string of the molecule is N.N[C@@H](CCC[P+](=O)O)C(=O)O. The number of carboxylic acids is 1. The minimum absolute atomic E-state index is 0. The average Bonchev–Trinajstić information content (AvgIpc) is 1.86. The van der Waals surface area contributed by atoms with Gasteiger partial charge in [-0.3, -0.25) is 4.79 Å². The molecule has 0 spiro atoms. The molecule has 12 heavy (non-hydrogen) atoms. The van der Waals surface area contributed by atoms with Gasteiger partial charge in [-0.05, 0) is 17.4 Å². The van der Waals surface area contributed by atoms with Crippen LogP contribution in [-0.2, 0) is 9.36 Å². The predicted molar refractivity (Wildman–Crippen MR) is 44.6 cm³/mol. The van der Waals surface area contributed by atoms with Crippen molar-refractivity contribution in [1.29, 1.82) is 0 Å². The molecule has 0 aliphatic rings. The van der Waals surface area contributed by atoms with Gasteiger partial charge in [0.25, 0.3) is 0 Å². The Labute approximate surface area is 71.2 Å². The van der Waals surface area contributed by atoms with Gasteiger partial charge in [-0.25, -0.2) is 0 Å².